The number of hydrogen-bond acceptors (Lipinski definition) is 5. The Kier molecular flexibility index (Phi) is 6.71. The summed E-state index contributed by atoms with van der Waals surface area (Å²) in [5.41, 5.74) is 0. The van der Waals surface area contributed by atoms with Crippen molar-refractivity contribution in [3.63, 3.8) is 0 Å². The van der Waals surface area contributed by atoms with Crippen LogP contribution in [0.5, 0.6) is 0 Å². The van der Waals surface area contributed by atoms with E-state index < -0.39 is 24.2 Å². The van der Waals surface area contributed by atoms with E-state index in [-0.39, 0.29) is 36.8 Å². The van der Waals surface area contributed by atoms with Crippen molar-refractivity contribution in [1.82, 2.24) is 0 Å². The molecule has 0 fully saturated rings. The van der Waals surface area contributed by atoms with E-state index in [1.165, 1.54) is 0 Å². The molecule has 0 aromatic heterocycles. The van der Waals surface area contributed by atoms with Gasteiger partial charge in [0.05, 0.1) is 17.6 Å². The first-order valence-corrected chi connectivity index (χ1v) is 8.16. The predicted molar refractivity (Wildman–Crippen MR) is 61.2 cm³/mol. The number of carbonyl (C=O) groups is 2. The van der Waals surface area contributed by atoms with Crippen LogP contribution in [0.15, 0.2) is 0 Å². The van der Waals surface area contributed by atoms with E-state index in [9.17, 15) is 14.2 Å². The number of carboxylic acid groups (broad SMARTS) is 2. The minimum Gasteiger partial charge on any atom is -0.481 e. The minimum atomic E-state index is -2.95. The van der Waals surface area contributed by atoms with Crippen LogP contribution in [0, 0.1) is 5.92 Å². The summed E-state index contributed by atoms with van der Waals surface area (Å²) in [4.78, 5) is 21.1. The zero-order valence-electron chi connectivity index (χ0n) is 8.83. The Morgan fingerprint density at radius 1 is 1.38 bits per heavy atom. The molecule has 16 heavy (non-hydrogen) atoms. The van der Waals surface area contributed by atoms with Gasteiger partial charge in [-0.2, -0.15) is 0 Å². The number of hydrogen-bond donors (Lipinski definition) is 3. The smallest absolute Gasteiger partial charge is 0.307 e. The van der Waals surface area contributed by atoms with Gasteiger partial charge in [-0.1, -0.05) is 6.92 Å². The highest BCUT2D eigenvalue weighted by atomic mass is 32.7. The number of rotatable bonds is 8. The van der Waals surface area contributed by atoms with Gasteiger partial charge in [-0.15, -0.1) is 0 Å². The standard InChI is InChI=1S/C8H15O6PS/c1-2-15(13,16-14)5-6(8(11)12)3-4-7(9)10/h6,14H,2-5H2,1H3,(H,9,10)(H,11,12). The van der Waals surface area contributed by atoms with E-state index in [1.807, 2.05) is 0 Å². The molecule has 0 aromatic carbocycles. The van der Waals surface area contributed by atoms with Crippen molar-refractivity contribution in [2.75, 3.05) is 12.3 Å². The molecule has 0 saturated carbocycles. The Bertz CT molecular complexity index is 297. The first kappa shape index (κ1) is 15.5. The van der Waals surface area contributed by atoms with Gasteiger partial charge in [0.15, 0.2) is 6.34 Å². The molecular weight excluding hydrogens is 255 g/mol. The van der Waals surface area contributed by atoms with Crippen molar-refractivity contribution < 1.29 is 28.9 Å². The fourth-order valence-corrected chi connectivity index (χ4v) is 3.68. The molecule has 0 aromatic rings. The second-order valence-corrected chi connectivity index (χ2v) is 8.64. The number of carboxylic acids is 2. The fourth-order valence-electron chi connectivity index (χ4n) is 1.15. The molecule has 0 bridgehead atoms. The van der Waals surface area contributed by atoms with Crippen molar-refractivity contribution in [1.29, 1.82) is 0 Å². The fraction of sp³-hybridized carbons (Fsp3) is 0.750. The van der Waals surface area contributed by atoms with Crippen LogP contribution in [0.4, 0.5) is 0 Å². The van der Waals surface area contributed by atoms with Crippen molar-refractivity contribution in [2.24, 2.45) is 5.92 Å². The van der Waals surface area contributed by atoms with Crippen molar-refractivity contribution >= 4 is 29.9 Å². The largest absolute Gasteiger partial charge is 0.481 e. The predicted octanol–water partition coefficient (Wildman–Crippen LogP) is 2.06. The molecule has 0 amide bonds. The third-order valence-electron chi connectivity index (χ3n) is 2.19. The van der Waals surface area contributed by atoms with Crippen LogP contribution in [0.1, 0.15) is 19.8 Å². The average Bonchev–Trinajstić information content (AvgIpc) is 2.23. The monoisotopic (exact) mass is 270 g/mol. The van der Waals surface area contributed by atoms with Crippen molar-refractivity contribution in [3.8, 4) is 0 Å². The lowest BCUT2D eigenvalue weighted by Crippen LogP contribution is -2.19. The lowest BCUT2D eigenvalue weighted by Gasteiger charge is -2.16. The normalized spacial score (nSPS) is 16.4. The molecule has 6 nitrogen and oxygen atoms in total. The summed E-state index contributed by atoms with van der Waals surface area (Å²) in [5.74, 6) is -3.25. The summed E-state index contributed by atoms with van der Waals surface area (Å²) < 4.78 is 20.7. The van der Waals surface area contributed by atoms with E-state index in [0.29, 0.717) is 0 Å². The van der Waals surface area contributed by atoms with Crippen LogP contribution in [0.3, 0.4) is 0 Å². The molecule has 0 radical (unpaired) electrons. The van der Waals surface area contributed by atoms with Gasteiger partial charge < -0.3 is 19.3 Å². The minimum absolute atomic E-state index is 0.0742. The first-order valence-electron chi connectivity index (χ1n) is 4.70. The molecule has 0 aliphatic rings. The van der Waals surface area contributed by atoms with Gasteiger partial charge in [0.25, 0.3) is 0 Å². The summed E-state index contributed by atoms with van der Waals surface area (Å²) in [5, 5.41) is 17.3. The third kappa shape index (κ3) is 5.53. The van der Waals surface area contributed by atoms with E-state index in [0.717, 1.165) is 0 Å². The molecule has 0 rings (SSSR count). The van der Waals surface area contributed by atoms with Crippen LogP contribution < -0.4 is 0 Å². The van der Waals surface area contributed by atoms with Crippen molar-refractivity contribution in [3.05, 3.63) is 0 Å². The Labute approximate surface area is 97.4 Å². The first-order chi connectivity index (χ1) is 7.34. The van der Waals surface area contributed by atoms with E-state index in [4.69, 9.17) is 14.8 Å². The topological polar surface area (TPSA) is 112 Å². The van der Waals surface area contributed by atoms with E-state index in [1.54, 1.807) is 6.92 Å². The van der Waals surface area contributed by atoms with Gasteiger partial charge in [0, 0.05) is 18.7 Å². The maximum absolute atomic E-state index is 11.8. The van der Waals surface area contributed by atoms with E-state index >= 15 is 0 Å². The van der Waals surface area contributed by atoms with Crippen LogP contribution in [-0.4, -0.2) is 39.0 Å². The maximum atomic E-state index is 11.8. The highest BCUT2D eigenvalue weighted by molar-refractivity contribution is 8.55. The van der Waals surface area contributed by atoms with Gasteiger partial charge in [-0.05, 0) is 6.42 Å². The highest BCUT2D eigenvalue weighted by Gasteiger charge is 2.30. The Morgan fingerprint density at radius 2 is 1.94 bits per heavy atom. The lowest BCUT2D eigenvalue weighted by molar-refractivity contribution is -0.142. The molecule has 0 saturated heterocycles. The second kappa shape index (κ2) is 6.93. The zero-order chi connectivity index (χ0) is 12.8. The molecule has 94 valence electrons. The summed E-state index contributed by atoms with van der Waals surface area (Å²) in [7, 11) is 0. The lowest BCUT2D eigenvalue weighted by atomic mass is 10.1. The Balaban J connectivity index is 4.50. The van der Waals surface area contributed by atoms with Crippen LogP contribution >= 0.6 is 18.0 Å². The Hall–Kier alpha value is -0.520. The highest BCUT2D eigenvalue weighted by Crippen LogP contribution is 2.57. The summed E-state index contributed by atoms with van der Waals surface area (Å²) in [6.45, 7) is 1.60. The third-order valence-corrected chi connectivity index (χ3v) is 6.56. The quantitative estimate of drug-likeness (QED) is 0.457. The molecular formula is C8H15O6PS. The van der Waals surface area contributed by atoms with Gasteiger partial charge in [-0.3, -0.25) is 9.59 Å². The molecule has 2 unspecified atom stereocenters. The molecule has 2 atom stereocenters. The van der Waals surface area contributed by atoms with Gasteiger partial charge in [0.1, 0.15) is 0 Å². The summed E-state index contributed by atoms with van der Waals surface area (Å²) >= 11 is 0.197. The SMILES string of the molecule is CCP(=O)(CC(CCC(=O)O)C(=O)O)SO. The van der Waals surface area contributed by atoms with Crippen LogP contribution in [-0.2, 0) is 14.2 Å². The van der Waals surface area contributed by atoms with Crippen LogP contribution in [0.25, 0.3) is 0 Å². The maximum Gasteiger partial charge on any atom is 0.307 e. The van der Waals surface area contributed by atoms with Gasteiger partial charge >= 0.3 is 11.9 Å². The molecule has 0 aliphatic carbocycles. The summed E-state index contributed by atoms with van der Waals surface area (Å²) in [6.07, 6.45) is -3.30. The second-order valence-electron chi connectivity index (χ2n) is 3.36. The van der Waals surface area contributed by atoms with E-state index in [2.05, 4.69) is 0 Å². The van der Waals surface area contributed by atoms with Crippen molar-refractivity contribution in [2.45, 2.75) is 19.8 Å². The number of aliphatic carboxylic acids is 2. The molecule has 3 N–H and O–H groups in total. The molecule has 0 heterocycles. The molecule has 0 aliphatic heterocycles. The molecule has 8 heteroatoms. The Morgan fingerprint density at radius 3 is 2.25 bits per heavy atom. The zero-order valence-corrected chi connectivity index (χ0v) is 10.5. The average molecular weight is 270 g/mol. The van der Waals surface area contributed by atoms with Crippen LogP contribution in [0.2, 0.25) is 0 Å². The van der Waals surface area contributed by atoms with Gasteiger partial charge in [0.2, 0.25) is 0 Å². The van der Waals surface area contributed by atoms with Gasteiger partial charge in [-0.25, -0.2) is 0 Å². The summed E-state index contributed by atoms with van der Waals surface area (Å²) in [6, 6.07) is 0. The molecule has 0 spiro atoms.